The fourth-order valence-corrected chi connectivity index (χ4v) is 1.80. The number of aryl methyl sites for hydroxylation is 1. The molecule has 1 heterocycles. The summed E-state index contributed by atoms with van der Waals surface area (Å²) in [6, 6.07) is 7.52. The highest BCUT2D eigenvalue weighted by Crippen LogP contribution is 2.26. The minimum Gasteiger partial charge on any atom is -0.382 e. The molecule has 0 unspecified atom stereocenters. The maximum atomic E-state index is 9.04. The van der Waals surface area contributed by atoms with Gasteiger partial charge in [-0.1, -0.05) is 17.7 Å². The minimum absolute atomic E-state index is 0.293. The zero-order valence-electron chi connectivity index (χ0n) is 10.0. The van der Waals surface area contributed by atoms with Crippen LogP contribution in [0.2, 0.25) is 5.02 Å². The second-order valence-corrected chi connectivity index (χ2v) is 4.22. The van der Waals surface area contributed by atoms with E-state index in [2.05, 4.69) is 10.4 Å². The fraction of sp³-hybridized carbons (Fsp3) is 0.167. The number of nitriles is 1. The first-order chi connectivity index (χ1) is 8.58. The molecule has 0 aliphatic heterocycles. The molecule has 0 saturated heterocycles. The van der Waals surface area contributed by atoms with Gasteiger partial charge in [0.2, 0.25) is 0 Å². The summed E-state index contributed by atoms with van der Waals surface area (Å²) in [6.45, 7) is 1.91. The molecule has 0 atom stereocenters. The Morgan fingerprint density at radius 3 is 2.72 bits per heavy atom. The third-order valence-corrected chi connectivity index (χ3v) is 3.08. The maximum Gasteiger partial charge on any atom is 0.168 e. The van der Waals surface area contributed by atoms with Crippen molar-refractivity contribution in [2.24, 2.45) is 0 Å². The van der Waals surface area contributed by atoms with E-state index in [0.29, 0.717) is 22.2 Å². The van der Waals surface area contributed by atoms with Crippen LogP contribution in [0.25, 0.3) is 5.69 Å². The van der Waals surface area contributed by atoms with E-state index in [0.717, 1.165) is 11.3 Å². The van der Waals surface area contributed by atoms with Crippen molar-refractivity contribution in [1.82, 2.24) is 9.78 Å². The van der Waals surface area contributed by atoms with Crippen molar-refractivity contribution < 1.29 is 0 Å². The van der Waals surface area contributed by atoms with Gasteiger partial charge in [0.05, 0.1) is 5.69 Å². The van der Waals surface area contributed by atoms with Gasteiger partial charge in [-0.15, -0.1) is 5.10 Å². The highest BCUT2D eigenvalue weighted by atomic mass is 35.5. The number of halogens is 1. The number of anilines is 2. The third kappa shape index (κ3) is 1.87. The van der Waals surface area contributed by atoms with Gasteiger partial charge in [-0.25, -0.2) is 4.68 Å². The van der Waals surface area contributed by atoms with Crippen molar-refractivity contribution in [3.05, 3.63) is 34.3 Å². The lowest BCUT2D eigenvalue weighted by Gasteiger charge is -2.05. The van der Waals surface area contributed by atoms with Crippen molar-refractivity contribution in [3.8, 4) is 11.8 Å². The molecule has 0 fully saturated rings. The molecule has 18 heavy (non-hydrogen) atoms. The van der Waals surface area contributed by atoms with Gasteiger partial charge in [0.15, 0.2) is 5.82 Å². The van der Waals surface area contributed by atoms with Gasteiger partial charge in [0.25, 0.3) is 0 Å². The molecule has 5 nitrogen and oxygen atoms in total. The van der Waals surface area contributed by atoms with Crippen molar-refractivity contribution in [2.45, 2.75) is 6.92 Å². The van der Waals surface area contributed by atoms with Gasteiger partial charge in [-0.2, -0.15) is 5.26 Å². The van der Waals surface area contributed by atoms with Gasteiger partial charge in [0, 0.05) is 12.1 Å². The molecule has 0 bridgehead atoms. The number of rotatable bonds is 2. The highest BCUT2D eigenvalue weighted by Gasteiger charge is 2.15. The average Bonchev–Trinajstić information content (AvgIpc) is 2.69. The second-order valence-electron chi connectivity index (χ2n) is 3.82. The SMILES string of the molecule is CNc1nn(-c2ccc(C)c(Cl)c2)c(N)c1C#N. The van der Waals surface area contributed by atoms with E-state index >= 15 is 0 Å². The molecule has 2 rings (SSSR count). The number of nitrogens with one attached hydrogen (secondary N) is 1. The number of nitrogens with zero attached hydrogens (tertiary/aromatic N) is 3. The van der Waals surface area contributed by atoms with Gasteiger partial charge in [-0.05, 0) is 24.6 Å². The average molecular weight is 262 g/mol. The Kier molecular flexibility index (Phi) is 3.13. The smallest absolute Gasteiger partial charge is 0.168 e. The lowest BCUT2D eigenvalue weighted by atomic mass is 10.2. The summed E-state index contributed by atoms with van der Waals surface area (Å²) in [4.78, 5) is 0. The van der Waals surface area contributed by atoms with E-state index in [1.165, 1.54) is 4.68 Å². The molecular formula is C12H12ClN5. The molecule has 3 N–H and O–H groups in total. The Morgan fingerprint density at radius 2 is 2.22 bits per heavy atom. The van der Waals surface area contributed by atoms with Crippen LogP contribution in [-0.4, -0.2) is 16.8 Å². The molecule has 6 heteroatoms. The molecule has 1 aromatic carbocycles. The lowest BCUT2D eigenvalue weighted by Crippen LogP contribution is -2.02. The summed E-state index contributed by atoms with van der Waals surface area (Å²) in [6.07, 6.45) is 0. The highest BCUT2D eigenvalue weighted by molar-refractivity contribution is 6.31. The number of nitrogens with two attached hydrogens (primary N) is 1. The van der Waals surface area contributed by atoms with Crippen LogP contribution < -0.4 is 11.1 Å². The fourth-order valence-electron chi connectivity index (χ4n) is 1.63. The molecule has 0 saturated carbocycles. The maximum absolute atomic E-state index is 9.04. The zero-order chi connectivity index (χ0) is 13.3. The van der Waals surface area contributed by atoms with Crippen LogP contribution in [0, 0.1) is 18.3 Å². The van der Waals surface area contributed by atoms with E-state index in [1.807, 2.05) is 25.1 Å². The number of aromatic nitrogens is 2. The van der Waals surface area contributed by atoms with Crippen LogP contribution in [0.3, 0.4) is 0 Å². The molecule has 0 radical (unpaired) electrons. The quantitative estimate of drug-likeness (QED) is 0.870. The Morgan fingerprint density at radius 1 is 1.50 bits per heavy atom. The van der Waals surface area contributed by atoms with Crippen molar-refractivity contribution >= 4 is 23.2 Å². The van der Waals surface area contributed by atoms with Crippen LogP contribution in [0.15, 0.2) is 18.2 Å². The molecule has 92 valence electrons. The molecule has 0 aliphatic carbocycles. The van der Waals surface area contributed by atoms with Crippen molar-refractivity contribution in [1.29, 1.82) is 5.26 Å². The van der Waals surface area contributed by atoms with Gasteiger partial charge >= 0.3 is 0 Å². The second kappa shape index (κ2) is 4.59. The van der Waals surface area contributed by atoms with Gasteiger partial charge in [-0.3, -0.25) is 0 Å². The molecule has 1 aromatic heterocycles. The molecule has 2 aromatic rings. The minimum atomic E-state index is 0.293. The van der Waals surface area contributed by atoms with E-state index in [1.54, 1.807) is 13.1 Å². The normalized spacial score (nSPS) is 10.1. The van der Waals surface area contributed by atoms with Crippen LogP contribution >= 0.6 is 11.6 Å². The first kappa shape index (κ1) is 12.3. The van der Waals surface area contributed by atoms with E-state index in [9.17, 15) is 0 Å². The molecule has 0 spiro atoms. The van der Waals surface area contributed by atoms with E-state index in [4.69, 9.17) is 22.6 Å². The van der Waals surface area contributed by atoms with Gasteiger partial charge in [0.1, 0.15) is 17.5 Å². The van der Waals surface area contributed by atoms with Crippen LogP contribution in [0.4, 0.5) is 11.6 Å². The van der Waals surface area contributed by atoms with Crippen LogP contribution in [-0.2, 0) is 0 Å². The Hall–Kier alpha value is -2.19. The van der Waals surface area contributed by atoms with Crippen molar-refractivity contribution in [2.75, 3.05) is 18.1 Å². The van der Waals surface area contributed by atoms with Gasteiger partial charge < -0.3 is 11.1 Å². The van der Waals surface area contributed by atoms with Crippen LogP contribution in [0.5, 0.6) is 0 Å². The lowest BCUT2D eigenvalue weighted by molar-refractivity contribution is 0.893. The summed E-state index contributed by atoms with van der Waals surface area (Å²) in [7, 11) is 1.69. The standard InChI is InChI=1S/C12H12ClN5/c1-7-3-4-8(5-10(7)13)18-11(15)9(6-14)12(16-2)17-18/h3-5H,15H2,1-2H3,(H,16,17). The predicted octanol–water partition coefficient (Wildman–Crippen LogP) is 2.33. The first-order valence-corrected chi connectivity index (χ1v) is 5.69. The first-order valence-electron chi connectivity index (χ1n) is 5.31. The number of nitrogen functional groups attached to an aromatic ring is 1. The molecule has 0 amide bonds. The van der Waals surface area contributed by atoms with Crippen LogP contribution in [0.1, 0.15) is 11.1 Å². The predicted molar refractivity (Wildman–Crippen MR) is 72.0 cm³/mol. The molecule has 0 aliphatic rings. The monoisotopic (exact) mass is 261 g/mol. The van der Waals surface area contributed by atoms with E-state index in [-0.39, 0.29) is 0 Å². The zero-order valence-corrected chi connectivity index (χ0v) is 10.8. The Bertz CT molecular complexity index is 639. The summed E-state index contributed by atoms with van der Waals surface area (Å²) in [5, 5.41) is 16.7. The summed E-state index contributed by atoms with van der Waals surface area (Å²) in [5.41, 5.74) is 7.93. The molecular weight excluding hydrogens is 250 g/mol. The summed E-state index contributed by atoms with van der Waals surface area (Å²) >= 11 is 6.07. The Labute approximate surface area is 110 Å². The van der Waals surface area contributed by atoms with E-state index < -0.39 is 0 Å². The third-order valence-electron chi connectivity index (χ3n) is 2.67. The summed E-state index contributed by atoms with van der Waals surface area (Å²) in [5.74, 6) is 0.744. The number of benzene rings is 1. The Balaban J connectivity index is 2.61. The number of hydrogen-bond acceptors (Lipinski definition) is 4. The largest absolute Gasteiger partial charge is 0.382 e. The van der Waals surface area contributed by atoms with Crippen molar-refractivity contribution in [3.63, 3.8) is 0 Å². The summed E-state index contributed by atoms with van der Waals surface area (Å²) < 4.78 is 1.50. The topological polar surface area (TPSA) is 79.7 Å². The number of hydrogen-bond donors (Lipinski definition) is 2.